The van der Waals surface area contributed by atoms with Crippen LogP contribution in [0.1, 0.15) is 30.1 Å². The Morgan fingerprint density at radius 1 is 1.53 bits per heavy atom. The third-order valence-corrected chi connectivity index (χ3v) is 3.31. The van der Waals surface area contributed by atoms with Crippen LogP contribution < -0.4 is 0 Å². The van der Waals surface area contributed by atoms with E-state index in [-0.39, 0.29) is 11.5 Å². The molecule has 1 aliphatic carbocycles. The average molecular weight is 272 g/mol. The highest BCUT2D eigenvalue weighted by molar-refractivity contribution is 5.94. The number of hydrogen-bond donors (Lipinski definition) is 0. The molecule has 1 aromatic rings. The quantitative estimate of drug-likeness (QED) is 0.844. The van der Waals surface area contributed by atoms with Gasteiger partial charge in [-0.25, -0.2) is 0 Å². The monoisotopic (exact) mass is 272 g/mol. The van der Waals surface area contributed by atoms with Crippen LogP contribution in [0.2, 0.25) is 0 Å². The van der Waals surface area contributed by atoms with Crippen molar-refractivity contribution in [1.82, 2.24) is 9.88 Å². The van der Waals surface area contributed by atoms with E-state index in [9.17, 15) is 18.0 Å². The number of carbonyl (C=O) groups is 1. The van der Waals surface area contributed by atoms with Crippen LogP contribution in [0.15, 0.2) is 24.5 Å². The molecule has 0 radical (unpaired) electrons. The van der Waals surface area contributed by atoms with Gasteiger partial charge in [0.25, 0.3) is 5.91 Å². The number of alkyl halides is 3. The van der Waals surface area contributed by atoms with E-state index in [1.54, 1.807) is 13.0 Å². The van der Waals surface area contributed by atoms with Crippen LogP contribution in [0.5, 0.6) is 0 Å². The lowest BCUT2D eigenvalue weighted by atomic mass is 10.1. The van der Waals surface area contributed by atoms with Crippen LogP contribution >= 0.6 is 0 Å². The Morgan fingerprint density at radius 3 is 2.68 bits per heavy atom. The van der Waals surface area contributed by atoms with Crippen LogP contribution in [-0.4, -0.2) is 34.6 Å². The first-order valence-corrected chi connectivity index (χ1v) is 6.16. The van der Waals surface area contributed by atoms with Gasteiger partial charge in [-0.2, -0.15) is 13.2 Å². The minimum absolute atomic E-state index is 0.183. The largest absolute Gasteiger partial charge is 0.406 e. The summed E-state index contributed by atoms with van der Waals surface area (Å²) in [5.74, 6) is -0.423. The molecule has 1 amide bonds. The van der Waals surface area contributed by atoms with E-state index in [4.69, 9.17) is 0 Å². The number of halogens is 3. The van der Waals surface area contributed by atoms with Crippen molar-refractivity contribution in [3.05, 3.63) is 30.1 Å². The lowest BCUT2D eigenvalue weighted by Crippen LogP contribution is -2.45. The zero-order valence-corrected chi connectivity index (χ0v) is 10.5. The molecular weight excluding hydrogens is 257 g/mol. The van der Waals surface area contributed by atoms with E-state index in [0.717, 1.165) is 17.7 Å². The fraction of sp³-hybridized carbons (Fsp3) is 0.538. The van der Waals surface area contributed by atoms with E-state index < -0.39 is 24.7 Å². The Labute approximate surface area is 109 Å². The summed E-state index contributed by atoms with van der Waals surface area (Å²) in [6.07, 6.45) is 0.160. The molecule has 1 aromatic heterocycles. The number of nitrogens with zero attached hydrogens (tertiary/aromatic N) is 2. The molecule has 0 aliphatic heterocycles. The molecule has 1 fully saturated rings. The van der Waals surface area contributed by atoms with Crippen LogP contribution in [0.25, 0.3) is 0 Å². The van der Waals surface area contributed by atoms with E-state index >= 15 is 0 Å². The summed E-state index contributed by atoms with van der Waals surface area (Å²) in [5, 5.41) is 0. The summed E-state index contributed by atoms with van der Waals surface area (Å²) in [6, 6.07) is 2.63. The zero-order valence-electron chi connectivity index (χ0n) is 10.5. The van der Waals surface area contributed by atoms with Gasteiger partial charge in [-0.15, -0.1) is 0 Å². The maximum Gasteiger partial charge on any atom is 0.406 e. The molecule has 2 rings (SSSR count). The predicted octanol–water partition coefficient (Wildman–Crippen LogP) is 2.88. The predicted molar refractivity (Wildman–Crippen MR) is 63.5 cm³/mol. The topological polar surface area (TPSA) is 33.2 Å². The van der Waals surface area contributed by atoms with Gasteiger partial charge in [-0.3, -0.25) is 9.78 Å². The highest BCUT2D eigenvalue weighted by Gasteiger charge is 2.40. The van der Waals surface area contributed by atoms with Crippen molar-refractivity contribution in [2.45, 2.75) is 32.0 Å². The van der Waals surface area contributed by atoms with Crippen molar-refractivity contribution in [3.8, 4) is 0 Å². The lowest BCUT2D eigenvalue weighted by molar-refractivity contribution is -0.144. The van der Waals surface area contributed by atoms with Crippen molar-refractivity contribution in [1.29, 1.82) is 0 Å². The molecular formula is C13H15F3N2O. The SMILES string of the molecule is C[C@H](C1CC1)N(CC(F)(F)F)C(=O)c1cccnc1. The van der Waals surface area contributed by atoms with Crippen LogP contribution in [0.3, 0.4) is 0 Å². The van der Waals surface area contributed by atoms with Crippen molar-refractivity contribution in [3.63, 3.8) is 0 Å². The van der Waals surface area contributed by atoms with Gasteiger partial charge in [0.05, 0.1) is 5.56 Å². The van der Waals surface area contributed by atoms with Gasteiger partial charge in [-0.1, -0.05) is 0 Å². The van der Waals surface area contributed by atoms with E-state index in [1.807, 2.05) is 0 Å². The first-order chi connectivity index (χ1) is 8.88. The van der Waals surface area contributed by atoms with Crippen LogP contribution in [0, 0.1) is 5.92 Å². The molecule has 0 spiro atoms. The summed E-state index contributed by atoms with van der Waals surface area (Å²) >= 11 is 0. The average Bonchev–Trinajstić information content (AvgIpc) is 3.18. The van der Waals surface area contributed by atoms with E-state index in [2.05, 4.69) is 4.98 Å². The molecule has 19 heavy (non-hydrogen) atoms. The number of aromatic nitrogens is 1. The Balaban J connectivity index is 2.19. The van der Waals surface area contributed by atoms with Crippen LogP contribution in [-0.2, 0) is 0 Å². The minimum Gasteiger partial charge on any atom is -0.327 e. The van der Waals surface area contributed by atoms with E-state index in [0.29, 0.717) is 0 Å². The Morgan fingerprint density at radius 2 is 2.21 bits per heavy atom. The number of carbonyl (C=O) groups excluding carboxylic acids is 1. The number of amides is 1. The van der Waals surface area contributed by atoms with Gasteiger partial charge in [0.2, 0.25) is 0 Å². The third-order valence-electron chi connectivity index (χ3n) is 3.31. The fourth-order valence-electron chi connectivity index (χ4n) is 2.08. The summed E-state index contributed by atoms with van der Waals surface area (Å²) < 4.78 is 37.8. The Hall–Kier alpha value is -1.59. The van der Waals surface area contributed by atoms with Gasteiger partial charge < -0.3 is 4.90 Å². The normalized spacial score (nSPS) is 17.1. The third kappa shape index (κ3) is 3.68. The van der Waals surface area contributed by atoms with Crippen molar-refractivity contribution in [2.75, 3.05) is 6.54 Å². The molecule has 1 heterocycles. The van der Waals surface area contributed by atoms with Gasteiger partial charge in [-0.05, 0) is 37.8 Å². The van der Waals surface area contributed by atoms with Gasteiger partial charge >= 0.3 is 6.18 Å². The smallest absolute Gasteiger partial charge is 0.327 e. The summed E-state index contributed by atoms with van der Waals surface area (Å²) in [6.45, 7) is 0.468. The van der Waals surface area contributed by atoms with Crippen molar-refractivity contribution >= 4 is 5.91 Å². The summed E-state index contributed by atoms with van der Waals surface area (Å²) in [4.78, 5) is 16.9. The number of rotatable bonds is 4. The molecule has 6 heteroatoms. The van der Waals surface area contributed by atoms with Gasteiger partial charge in [0.1, 0.15) is 6.54 Å². The molecule has 0 bridgehead atoms. The van der Waals surface area contributed by atoms with Crippen molar-refractivity contribution < 1.29 is 18.0 Å². The Bertz CT molecular complexity index is 443. The Kier molecular flexibility index (Phi) is 3.78. The molecule has 1 aliphatic rings. The second-order valence-corrected chi connectivity index (χ2v) is 4.87. The minimum atomic E-state index is -4.39. The molecule has 104 valence electrons. The van der Waals surface area contributed by atoms with Gasteiger partial charge in [0, 0.05) is 18.4 Å². The highest BCUT2D eigenvalue weighted by Crippen LogP contribution is 2.36. The first-order valence-electron chi connectivity index (χ1n) is 6.16. The maximum absolute atomic E-state index is 12.6. The summed E-state index contributed by atoms with van der Waals surface area (Å²) in [5.41, 5.74) is 0.194. The highest BCUT2D eigenvalue weighted by atomic mass is 19.4. The fourth-order valence-corrected chi connectivity index (χ4v) is 2.08. The molecule has 0 saturated heterocycles. The van der Waals surface area contributed by atoms with Gasteiger partial charge in [0.15, 0.2) is 0 Å². The number of pyridine rings is 1. The standard InChI is InChI=1S/C13H15F3N2O/c1-9(10-4-5-10)18(8-13(14,15)16)12(19)11-3-2-6-17-7-11/h2-3,6-7,9-10H,4-5,8H2,1H3/t9-/m1/s1. The van der Waals surface area contributed by atoms with Crippen LogP contribution in [0.4, 0.5) is 13.2 Å². The second-order valence-electron chi connectivity index (χ2n) is 4.87. The first kappa shape index (κ1) is 13.8. The summed E-state index contributed by atoms with van der Waals surface area (Å²) in [7, 11) is 0. The molecule has 0 aromatic carbocycles. The number of hydrogen-bond acceptors (Lipinski definition) is 2. The molecule has 1 atom stereocenters. The lowest BCUT2D eigenvalue weighted by Gasteiger charge is -2.30. The molecule has 0 N–H and O–H groups in total. The maximum atomic E-state index is 12.6. The zero-order chi connectivity index (χ0) is 14.0. The van der Waals surface area contributed by atoms with Crippen molar-refractivity contribution in [2.24, 2.45) is 5.92 Å². The molecule has 3 nitrogen and oxygen atoms in total. The molecule has 1 saturated carbocycles. The van der Waals surface area contributed by atoms with E-state index in [1.165, 1.54) is 18.5 Å². The second kappa shape index (κ2) is 5.19. The molecule has 0 unspecified atom stereocenters.